The fraction of sp³-hybridized carbons (Fsp3) is 0.200. The first-order valence-electron chi connectivity index (χ1n) is 6.43. The summed E-state index contributed by atoms with van der Waals surface area (Å²) in [5, 5.41) is 2.73. The smallest absolute Gasteiger partial charge is 0.355 e. The second-order valence-corrected chi connectivity index (χ2v) is 5.40. The Morgan fingerprint density at radius 3 is 2.67 bits per heavy atom. The van der Waals surface area contributed by atoms with Crippen molar-refractivity contribution in [2.24, 2.45) is 0 Å². The Morgan fingerprint density at radius 1 is 1.33 bits per heavy atom. The highest BCUT2D eigenvalue weighted by Crippen LogP contribution is 2.12. The van der Waals surface area contributed by atoms with Crippen LogP contribution in [0, 0.1) is 0 Å². The molecule has 6 heteroatoms. The third kappa shape index (κ3) is 4.46. The lowest BCUT2D eigenvalue weighted by Gasteiger charge is -2.13. The number of aromatic amines is 1. The number of nitrogens with one attached hydrogen (secondary N) is 2. The first-order valence-corrected chi connectivity index (χ1v) is 7.22. The van der Waals surface area contributed by atoms with Crippen molar-refractivity contribution in [3.63, 3.8) is 0 Å². The number of H-pyrrole nitrogens is 1. The predicted octanol–water partition coefficient (Wildman–Crippen LogP) is 2.64. The molecule has 21 heavy (non-hydrogen) atoms. The molecule has 0 aliphatic heterocycles. The number of carbonyl (C=O) groups is 2. The summed E-state index contributed by atoms with van der Waals surface area (Å²) >= 11 is 3.23. The number of ether oxygens (including phenoxy) is 1. The van der Waals surface area contributed by atoms with Crippen LogP contribution in [0.15, 0.2) is 47.1 Å². The average Bonchev–Trinajstić information content (AvgIpc) is 2.92. The van der Waals surface area contributed by atoms with Gasteiger partial charge in [0, 0.05) is 17.2 Å². The van der Waals surface area contributed by atoms with Crippen LogP contribution in [-0.4, -0.2) is 23.0 Å². The quantitative estimate of drug-likeness (QED) is 0.814. The summed E-state index contributed by atoms with van der Waals surface area (Å²) in [7, 11) is 0. The summed E-state index contributed by atoms with van der Waals surface area (Å²) < 4.78 is 5.84. The molecule has 0 aliphatic carbocycles. The Bertz CT molecular complexity index is 625. The van der Waals surface area contributed by atoms with E-state index in [-0.39, 0.29) is 5.91 Å². The van der Waals surface area contributed by atoms with Gasteiger partial charge in [-0.2, -0.15) is 0 Å². The number of halogens is 1. The molecule has 0 unspecified atom stereocenters. The monoisotopic (exact) mass is 350 g/mol. The molecule has 1 atom stereocenters. The minimum absolute atomic E-state index is 0.296. The molecule has 0 saturated carbocycles. The maximum Gasteiger partial charge on any atom is 0.355 e. The van der Waals surface area contributed by atoms with Crippen LogP contribution in [0.2, 0.25) is 0 Å². The molecule has 2 aromatic rings. The summed E-state index contributed by atoms with van der Waals surface area (Å²) in [6.07, 6.45) is 0.764. The number of hydrogen-bond donors (Lipinski definition) is 2. The zero-order valence-electron chi connectivity index (χ0n) is 11.4. The number of aromatic nitrogens is 1. The molecular formula is C15H15BrN2O3. The topological polar surface area (TPSA) is 71.2 Å². The summed E-state index contributed by atoms with van der Waals surface area (Å²) in [4.78, 5) is 26.4. The molecule has 2 rings (SSSR count). The van der Waals surface area contributed by atoms with Crippen LogP contribution in [0.5, 0.6) is 0 Å². The van der Waals surface area contributed by atoms with Crippen molar-refractivity contribution in [2.45, 2.75) is 19.6 Å². The zero-order valence-corrected chi connectivity index (χ0v) is 13.0. The Morgan fingerprint density at radius 2 is 2.05 bits per heavy atom. The van der Waals surface area contributed by atoms with Crippen LogP contribution in [0.4, 0.5) is 0 Å². The molecule has 2 N–H and O–H groups in total. The van der Waals surface area contributed by atoms with Crippen LogP contribution in [-0.2, 0) is 16.1 Å². The fourth-order valence-electron chi connectivity index (χ4n) is 1.69. The maximum atomic E-state index is 11.9. The van der Waals surface area contributed by atoms with Gasteiger partial charge in [-0.05, 0) is 34.5 Å². The van der Waals surface area contributed by atoms with Crippen molar-refractivity contribution in [1.29, 1.82) is 0 Å². The van der Waals surface area contributed by atoms with E-state index in [4.69, 9.17) is 4.74 Å². The number of amides is 1. The van der Waals surface area contributed by atoms with Gasteiger partial charge in [0.15, 0.2) is 6.10 Å². The van der Waals surface area contributed by atoms with Gasteiger partial charge in [-0.15, -0.1) is 0 Å². The Labute approximate surface area is 130 Å². The fourth-order valence-corrected chi connectivity index (χ4v) is 2.04. The van der Waals surface area contributed by atoms with Gasteiger partial charge in [-0.1, -0.05) is 30.3 Å². The van der Waals surface area contributed by atoms with Gasteiger partial charge in [0.25, 0.3) is 5.91 Å². The van der Waals surface area contributed by atoms with Crippen molar-refractivity contribution >= 4 is 27.8 Å². The number of benzene rings is 1. The lowest BCUT2D eigenvalue weighted by Crippen LogP contribution is -2.35. The summed E-state index contributed by atoms with van der Waals surface area (Å²) in [6, 6.07) is 11.1. The minimum Gasteiger partial charge on any atom is -0.448 e. The van der Waals surface area contributed by atoms with Gasteiger partial charge in [-0.25, -0.2) is 4.79 Å². The molecule has 0 saturated heterocycles. The number of hydrogen-bond acceptors (Lipinski definition) is 3. The summed E-state index contributed by atoms with van der Waals surface area (Å²) in [5.41, 5.74) is 1.28. The second-order valence-electron chi connectivity index (χ2n) is 4.48. The number of carbonyl (C=O) groups excluding carboxylic acids is 2. The van der Waals surface area contributed by atoms with Gasteiger partial charge in [-0.3, -0.25) is 4.79 Å². The number of rotatable bonds is 5. The van der Waals surface area contributed by atoms with E-state index in [9.17, 15) is 9.59 Å². The predicted molar refractivity (Wildman–Crippen MR) is 81.7 cm³/mol. The average molecular weight is 351 g/mol. The first kappa shape index (κ1) is 15.3. The van der Waals surface area contributed by atoms with E-state index in [2.05, 4.69) is 26.2 Å². The maximum absolute atomic E-state index is 11.9. The van der Waals surface area contributed by atoms with Crippen LogP contribution in [0.3, 0.4) is 0 Å². The molecule has 1 aromatic heterocycles. The molecule has 5 nitrogen and oxygen atoms in total. The lowest BCUT2D eigenvalue weighted by molar-refractivity contribution is -0.129. The Balaban J connectivity index is 1.83. The van der Waals surface area contributed by atoms with E-state index in [1.165, 1.54) is 6.92 Å². The van der Waals surface area contributed by atoms with Crippen molar-refractivity contribution in [3.05, 3.63) is 58.3 Å². The standard InChI is InChI=1S/C15H15BrN2O3/c1-10(21-15(20)13-7-12(16)9-17-13)14(19)18-8-11-5-3-2-4-6-11/h2-7,9-10,17H,8H2,1H3,(H,18,19)/t10-/m1/s1. The van der Waals surface area contributed by atoms with E-state index in [0.717, 1.165) is 10.0 Å². The first-order chi connectivity index (χ1) is 10.1. The highest BCUT2D eigenvalue weighted by molar-refractivity contribution is 9.10. The van der Waals surface area contributed by atoms with Crippen LogP contribution in [0.1, 0.15) is 23.0 Å². The van der Waals surface area contributed by atoms with Crippen molar-refractivity contribution in [1.82, 2.24) is 10.3 Å². The van der Waals surface area contributed by atoms with Gasteiger partial charge in [0.05, 0.1) is 0 Å². The van der Waals surface area contributed by atoms with E-state index in [1.807, 2.05) is 30.3 Å². The van der Waals surface area contributed by atoms with Crippen LogP contribution < -0.4 is 5.32 Å². The van der Waals surface area contributed by atoms with Gasteiger partial charge in [0.1, 0.15) is 5.69 Å². The molecule has 110 valence electrons. The van der Waals surface area contributed by atoms with Crippen LogP contribution in [0.25, 0.3) is 0 Å². The Kier molecular flexibility index (Phi) is 5.16. The summed E-state index contributed by atoms with van der Waals surface area (Å²) in [5.74, 6) is -0.902. The molecule has 0 bridgehead atoms. The minimum atomic E-state index is -0.858. The van der Waals surface area contributed by atoms with Crippen molar-refractivity contribution in [3.8, 4) is 0 Å². The summed E-state index contributed by atoms with van der Waals surface area (Å²) in [6.45, 7) is 1.94. The normalized spacial score (nSPS) is 11.7. The van der Waals surface area contributed by atoms with E-state index >= 15 is 0 Å². The van der Waals surface area contributed by atoms with Crippen molar-refractivity contribution in [2.75, 3.05) is 0 Å². The highest BCUT2D eigenvalue weighted by atomic mass is 79.9. The van der Waals surface area contributed by atoms with E-state index < -0.39 is 12.1 Å². The van der Waals surface area contributed by atoms with Gasteiger partial charge in [0.2, 0.25) is 0 Å². The van der Waals surface area contributed by atoms with E-state index in [1.54, 1.807) is 12.3 Å². The largest absolute Gasteiger partial charge is 0.448 e. The molecule has 1 amide bonds. The van der Waals surface area contributed by atoms with E-state index in [0.29, 0.717) is 12.2 Å². The van der Waals surface area contributed by atoms with Gasteiger partial charge >= 0.3 is 5.97 Å². The van der Waals surface area contributed by atoms with Crippen LogP contribution >= 0.6 is 15.9 Å². The van der Waals surface area contributed by atoms with Crippen molar-refractivity contribution < 1.29 is 14.3 Å². The van der Waals surface area contributed by atoms with Gasteiger partial charge < -0.3 is 15.0 Å². The molecule has 0 aliphatic rings. The molecule has 0 radical (unpaired) electrons. The SMILES string of the molecule is C[C@@H](OC(=O)c1cc(Br)c[nH]1)C(=O)NCc1ccccc1. The Hall–Kier alpha value is -2.08. The molecular weight excluding hydrogens is 336 g/mol. The molecule has 0 fully saturated rings. The lowest BCUT2D eigenvalue weighted by atomic mass is 10.2. The molecule has 0 spiro atoms. The second kappa shape index (κ2) is 7.08. The molecule has 1 heterocycles. The molecule has 1 aromatic carbocycles. The third-order valence-electron chi connectivity index (χ3n) is 2.83. The zero-order chi connectivity index (χ0) is 15.2. The highest BCUT2D eigenvalue weighted by Gasteiger charge is 2.19. The third-order valence-corrected chi connectivity index (χ3v) is 3.29. The number of esters is 1.